The van der Waals surface area contributed by atoms with Crippen LogP contribution in [0.15, 0.2) is 18.2 Å². The van der Waals surface area contributed by atoms with Crippen molar-refractivity contribution in [3.05, 3.63) is 23.8 Å². The molecule has 2 aromatic rings. The van der Waals surface area contributed by atoms with Crippen molar-refractivity contribution in [1.29, 1.82) is 0 Å². The Kier molecular flexibility index (Phi) is 4.40. The Balaban J connectivity index is 1.51. The zero-order valence-electron chi connectivity index (χ0n) is 14.4. The van der Waals surface area contributed by atoms with Gasteiger partial charge in [0, 0.05) is 12.0 Å². The number of hydrogen-bond donors (Lipinski definition) is 2. The van der Waals surface area contributed by atoms with E-state index in [4.69, 9.17) is 0 Å². The number of imide groups is 1. The van der Waals surface area contributed by atoms with Crippen LogP contribution in [-0.2, 0) is 9.59 Å². The number of rotatable bonds is 3. The van der Waals surface area contributed by atoms with Gasteiger partial charge in [0.1, 0.15) is 11.6 Å². The number of benzene rings is 1. The van der Waals surface area contributed by atoms with Gasteiger partial charge in [0.25, 0.3) is 5.91 Å². The van der Waals surface area contributed by atoms with Gasteiger partial charge in [-0.3, -0.25) is 19.7 Å². The molecule has 2 aliphatic rings. The Morgan fingerprint density at radius 1 is 1.15 bits per heavy atom. The Labute approximate surface area is 150 Å². The lowest BCUT2D eigenvalue weighted by Crippen LogP contribution is -2.52. The Bertz CT molecular complexity index is 869. The number of nitrogens with one attached hydrogen (secondary N) is 2. The predicted octanol–water partition coefficient (Wildman–Crippen LogP) is 1.47. The fourth-order valence-electron chi connectivity index (χ4n) is 3.75. The fraction of sp³-hybridized carbons (Fsp3) is 0.500. The summed E-state index contributed by atoms with van der Waals surface area (Å²) in [4.78, 5) is 35.4. The fourth-order valence-corrected chi connectivity index (χ4v) is 3.75. The molecule has 2 N–H and O–H groups in total. The van der Waals surface area contributed by atoms with Crippen molar-refractivity contribution >= 4 is 28.8 Å². The summed E-state index contributed by atoms with van der Waals surface area (Å²) in [5.41, 5.74) is 2.03. The Hall–Kier alpha value is -2.77. The zero-order valence-corrected chi connectivity index (χ0v) is 14.4. The van der Waals surface area contributed by atoms with Gasteiger partial charge < -0.3 is 5.32 Å². The minimum Gasteiger partial charge on any atom is -0.340 e. The number of nitrogens with zero attached hydrogens (tertiary/aromatic N) is 3. The SMILES string of the molecule is O=C1CCC(NC(=O)c2ccc3c(c2)nnn3C2CCCCC2)C(=O)N1. The van der Waals surface area contributed by atoms with Crippen LogP contribution in [0.5, 0.6) is 0 Å². The summed E-state index contributed by atoms with van der Waals surface area (Å²) < 4.78 is 1.97. The first-order valence-electron chi connectivity index (χ1n) is 9.11. The van der Waals surface area contributed by atoms with E-state index in [0.29, 0.717) is 23.5 Å². The van der Waals surface area contributed by atoms with Crippen LogP contribution in [-0.4, -0.2) is 38.8 Å². The van der Waals surface area contributed by atoms with Crippen LogP contribution >= 0.6 is 0 Å². The topological polar surface area (TPSA) is 106 Å². The Morgan fingerprint density at radius 2 is 1.96 bits per heavy atom. The number of aromatic nitrogens is 3. The molecule has 3 amide bonds. The lowest BCUT2D eigenvalue weighted by Gasteiger charge is -2.22. The molecule has 1 atom stereocenters. The van der Waals surface area contributed by atoms with Crippen LogP contribution in [0.2, 0.25) is 0 Å². The van der Waals surface area contributed by atoms with Crippen molar-refractivity contribution in [1.82, 2.24) is 25.6 Å². The van der Waals surface area contributed by atoms with E-state index in [0.717, 1.165) is 18.4 Å². The van der Waals surface area contributed by atoms with E-state index in [9.17, 15) is 14.4 Å². The lowest BCUT2D eigenvalue weighted by atomic mass is 9.95. The summed E-state index contributed by atoms with van der Waals surface area (Å²) in [5.74, 6) is -1.12. The van der Waals surface area contributed by atoms with Gasteiger partial charge in [0.15, 0.2) is 0 Å². The van der Waals surface area contributed by atoms with Crippen LogP contribution in [0.25, 0.3) is 11.0 Å². The van der Waals surface area contributed by atoms with E-state index < -0.39 is 11.9 Å². The second-order valence-electron chi connectivity index (χ2n) is 7.01. The summed E-state index contributed by atoms with van der Waals surface area (Å²) in [7, 11) is 0. The molecule has 0 bridgehead atoms. The number of piperidine rings is 1. The molecular formula is C18H21N5O3. The average molecular weight is 355 g/mol. The molecule has 1 aromatic carbocycles. The third-order valence-corrected chi connectivity index (χ3v) is 5.20. The van der Waals surface area contributed by atoms with Crippen molar-refractivity contribution in [2.75, 3.05) is 0 Å². The first-order chi connectivity index (χ1) is 12.6. The molecular weight excluding hydrogens is 334 g/mol. The van der Waals surface area contributed by atoms with Gasteiger partial charge in [-0.25, -0.2) is 4.68 Å². The van der Waals surface area contributed by atoms with Gasteiger partial charge >= 0.3 is 0 Å². The van der Waals surface area contributed by atoms with Crippen LogP contribution in [0, 0.1) is 0 Å². The molecule has 1 saturated carbocycles. The molecule has 136 valence electrons. The van der Waals surface area contributed by atoms with Gasteiger partial charge in [-0.2, -0.15) is 0 Å². The van der Waals surface area contributed by atoms with E-state index in [-0.39, 0.29) is 18.2 Å². The van der Waals surface area contributed by atoms with Crippen LogP contribution in [0.3, 0.4) is 0 Å². The number of carbonyl (C=O) groups excluding carboxylic acids is 3. The van der Waals surface area contributed by atoms with Gasteiger partial charge in [-0.15, -0.1) is 5.10 Å². The largest absolute Gasteiger partial charge is 0.340 e. The van der Waals surface area contributed by atoms with E-state index >= 15 is 0 Å². The molecule has 0 radical (unpaired) electrons. The normalized spacial score (nSPS) is 21.6. The first kappa shape index (κ1) is 16.7. The van der Waals surface area contributed by atoms with Crippen molar-refractivity contribution in [3.8, 4) is 0 Å². The maximum Gasteiger partial charge on any atom is 0.252 e. The van der Waals surface area contributed by atoms with Gasteiger partial charge in [-0.05, 0) is 37.5 Å². The zero-order chi connectivity index (χ0) is 18.1. The Morgan fingerprint density at radius 3 is 2.73 bits per heavy atom. The molecule has 4 rings (SSSR count). The van der Waals surface area contributed by atoms with E-state index in [2.05, 4.69) is 20.9 Å². The highest BCUT2D eigenvalue weighted by Crippen LogP contribution is 2.29. The second kappa shape index (κ2) is 6.86. The monoisotopic (exact) mass is 355 g/mol. The number of amides is 3. The molecule has 2 heterocycles. The standard InChI is InChI=1S/C18H21N5O3/c24-16-9-7-13(18(26)20-16)19-17(25)11-6-8-15-14(10-11)21-22-23(15)12-4-2-1-3-5-12/h6,8,10,12-13H,1-5,7,9H2,(H,19,25)(H,20,24,26). The third-order valence-electron chi connectivity index (χ3n) is 5.20. The minimum atomic E-state index is -0.686. The van der Waals surface area contributed by atoms with E-state index in [1.807, 2.05) is 10.7 Å². The van der Waals surface area contributed by atoms with Crippen LogP contribution in [0.1, 0.15) is 61.3 Å². The van der Waals surface area contributed by atoms with Gasteiger partial charge in [0.2, 0.25) is 11.8 Å². The summed E-state index contributed by atoms with van der Waals surface area (Å²) >= 11 is 0. The second-order valence-corrected chi connectivity index (χ2v) is 7.01. The molecule has 1 unspecified atom stereocenters. The summed E-state index contributed by atoms with van der Waals surface area (Å²) in [6, 6.07) is 4.98. The molecule has 0 spiro atoms. The maximum absolute atomic E-state index is 12.5. The molecule has 8 nitrogen and oxygen atoms in total. The van der Waals surface area contributed by atoms with Crippen LogP contribution < -0.4 is 10.6 Å². The molecule has 1 saturated heterocycles. The highest BCUT2D eigenvalue weighted by Gasteiger charge is 2.28. The van der Waals surface area contributed by atoms with Gasteiger partial charge in [-0.1, -0.05) is 24.5 Å². The molecule has 1 aliphatic carbocycles. The summed E-state index contributed by atoms with van der Waals surface area (Å²) in [6.07, 6.45) is 6.44. The average Bonchev–Trinajstić information content (AvgIpc) is 3.08. The third kappa shape index (κ3) is 3.18. The summed E-state index contributed by atoms with van der Waals surface area (Å²) in [6.45, 7) is 0. The van der Waals surface area contributed by atoms with Crippen molar-refractivity contribution < 1.29 is 14.4 Å². The molecule has 1 aromatic heterocycles. The predicted molar refractivity (Wildman–Crippen MR) is 93.3 cm³/mol. The number of carbonyl (C=O) groups is 3. The maximum atomic E-state index is 12.5. The lowest BCUT2D eigenvalue weighted by molar-refractivity contribution is -0.134. The molecule has 2 fully saturated rings. The van der Waals surface area contributed by atoms with E-state index in [1.165, 1.54) is 19.3 Å². The van der Waals surface area contributed by atoms with Crippen molar-refractivity contribution in [2.24, 2.45) is 0 Å². The highest BCUT2D eigenvalue weighted by atomic mass is 16.2. The molecule has 1 aliphatic heterocycles. The highest BCUT2D eigenvalue weighted by molar-refractivity contribution is 6.04. The summed E-state index contributed by atoms with van der Waals surface area (Å²) in [5, 5.41) is 13.4. The van der Waals surface area contributed by atoms with Crippen LogP contribution in [0.4, 0.5) is 0 Å². The van der Waals surface area contributed by atoms with Crippen molar-refractivity contribution in [3.63, 3.8) is 0 Å². The quantitative estimate of drug-likeness (QED) is 0.811. The smallest absolute Gasteiger partial charge is 0.252 e. The van der Waals surface area contributed by atoms with Gasteiger partial charge in [0.05, 0.1) is 11.6 Å². The minimum absolute atomic E-state index is 0.228. The number of hydrogen-bond acceptors (Lipinski definition) is 5. The molecule has 8 heteroatoms. The van der Waals surface area contributed by atoms with E-state index in [1.54, 1.807) is 12.1 Å². The number of fused-ring (bicyclic) bond motifs is 1. The first-order valence-corrected chi connectivity index (χ1v) is 9.11. The molecule has 26 heavy (non-hydrogen) atoms. The van der Waals surface area contributed by atoms with Crippen molar-refractivity contribution in [2.45, 2.75) is 57.0 Å².